The van der Waals surface area contributed by atoms with E-state index in [0.717, 1.165) is 32.2 Å². The monoisotopic (exact) mass is 215 g/mol. The largest absolute Gasteiger partial charge is 0.393 e. The van der Waals surface area contributed by atoms with Gasteiger partial charge in [0.1, 0.15) is 0 Å². The van der Waals surface area contributed by atoms with Crippen LogP contribution in [0, 0.1) is 5.92 Å². The van der Waals surface area contributed by atoms with Gasteiger partial charge in [-0.2, -0.15) is 0 Å². The van der Waals surface area contributed by atoms with Crippen molar-refractivity contribution >= 4 is 5.91 Å². The SMILES string of the molecule is NC(=O)C(N)CNCC1CCC(O)CC1. The minimum atomic E-state index is -0.598. The zero-order valence-electron chi connectivity index (χ0n) is 8.98. The summed E-state index contributed by atoms with van der Waals surface area (Å²) in [6.45, 7) is 1.29. The third-order valence-electron chi connectivity index (χ3n) is 2.98. The number of nitrogens with one attached hydrogen (secondary N) is 1. The van der Waals surface area contributed by atoms with Crippen LogP contribution in [-0.4, -0.2) is 36.2 Å². The molecule has 1 amide bonds. The Morgan fingerprint density at radius 2 is 2.00 bits per heavy atom. The van der Waals surface area contributed by atoms with Gasteiger partial charge in [-0.25, -0.2) is 0 Å². The lowest BCUT2D eigenvalue weighted by Gasteiger charge is -2.25. The molecule has 88 valence electrons. The zero-order chi connectivity index (χ0) is 11.3. The fraction of sp³-hybridized carbons (Fsp3) is 0.900. The van der Waals surface area contributed by atoms with Gasteiger partial charge in [-0.05, 0) is 38.1 Å². The number of hydrogen-bond donors (Lipinski definition) is 4. The van der Waals surface area contributed by atoms with E-state index in [-0.39, 0.29) is 6.10 Å². The summed E-state index contributed by atoms with van der Waals surface area (Å²) in [6, 6.07) is -0.598. The number of aliphatic hydroxyl groups is 1. The van der Waals surface area contributed by atoms with Gasteiger partial charge >= 0.3 is 0 Å². The van der Waals surface area contributed by atoms with Crippen LogP contribution in [0.2, 0.25) is 0 Å². The molecule has 0 aromatic rings. The highest BCUT2D eigenvalue weighted by Crippen LogP contribution is 2.23. The van der Waals surface area contributed by atoms with E-state index in [1.165, 1.54) is 0 Å². The second kappa shape index (κ2) is 6.05. The molecule has 1 aliphatic rings. The summed E-state index contributed by atoms with van der Waals surface area (Å²) in [5, 5.41) is 12.5. The van der Waals surface area contributed by atoms with Gasteiger partial charge in [-0.1, -0.05) is 0 Å². The molecule has 0 aliphatic heterocycles. The van der Waals surface area contributed by atoms with E-state index in [1.54, 1.807) is 0 Å². The summed E-state index contributed by atoms with van der Waals surface area (Å²) in [7, 11) is 0. The summed E-state index contributed by atoms with van der Waals surface area (Å²) in [5.41, 5.74) is 10.5. The predicted molar refractivity (Wildman–Crippen MR) is 58.0 cm³/mol. The van der Waals surface area contributed by atoms with Crippen LogP contribution in [0.3, 0.4) is 0 Å². The maximum atomic E-state index is 10.6. The van der Waals surface area contributed by atoms with Gasteiger partial charge in [-0.3, -0.25) is 4.79 Å². The fourth-order valence-corrected chi connectivity index (χ4v) is 1.89. The number of nitrogens with two attached hydrogens (primary N) is 2. The van der Waals surface area contributed by atoms with Crippen molar-refractivity contribution in [2.24, 2.45) is 17.4 Å². The molecule has 1 aliphatic carbocycles. The first-order chi connectivity index (χ1) is 7.09. The Labute approximate surface area is 90.2 Å². The molecule has 1 saturated carbocycles. The zero-order valence-corrected chi connectivity index (χ0v) is 8.98. The highest BCUT2D eigenvalue weighted by atomic mass is 16.3. The van der Waals surface area contributed by atoms with Crippen LogP contribution in [0.4, 0.5) is 0 Å². The Balaban J connectivity index is 2.07. The first kappa shape index (κ1) is 12.4. The lowest BCUT2D eigenvalue weighted by molar-refractivity contribution is -0.119. The Bertz CT molecular complexity index is 203. The molecule has 0 spiro atoms. The van der Waals surface area contributed by atoms with E-state index in [9.17, 15) is 9.90 Å². The molecule has 1 rings (SSSR count). The molecule has 0 bridgehead atoms. The Kier molecular flexibility index (Phi) is 5.01. The average Bonchev–Trinajstić information content (AvgIpc) is 2.20. The van der Waals surface area contributed by atoms with Gasteiger partial charge in [0.05, 0.1) is 12.1 Å². The molecular weight excluding hydrogens is 194 g/mol. The second-order valence-corrected chi connectivity index (χ2v) is 4.34. The number of amides is 1. The van der Waals surface area contributed by atoms with Crippen LogP contribution in [-0.2, 0) is 4.79 Å². The van der Waals surface area contributed by atoms with Crippen molar-refractivity contribution in [1.82, 2.24) is 5.32 Å². The quantitative estimate of drug-likeness (QED) is 0.469. The van der Waals surface area contributed by atoms with Gasteiger partial charge in [0, 0.05) is 6.54 Å². The summed E-state index contributed by atoms with van der Waals surface area (Å²) < 4.78 is 0. The van der Waals surface area contributed by atoms with Crippen LogP contribution in [0.1, 0.15) is 25.7 Å². The van der Waals surface area contributed by atoms with Crippen LogP contribution in [0.5, 0.6) is 0 Å². The molecule has 0 heterocycles. The highest BCUT2D eigenvalue weighted by molar-refractivity contribution is 5.79. The first-order valence-corrected chi connectivity index (χ1v) is 5.53. The summed E-state index contributed by atoms with van der Waals surface area (Å²) in [5.74, 6) is 0.120. The third kappa shape index (κ3) is 4.59. The van der Waals surface area contributed by atoms with E-state index in [2.05, 4.69) is 5.32 Å². The summed E-state index contributed by atoms with van der Waals surface area (Å²) >= 11 is 0. The van der Waals surface area contributed by atoms with Crippen LogP contribution in [0.25, 0.3) is 0 Å². The van der Waals surface area contributed by atoms with E-state index < -0.39 is 11.9 Å². The van der Waals surface area contributed by atoms with Gasteiger partial charge < -0.3 is 21.9 Å². The topological polar surface area (TPSA) is 101 Å². The summed E-state index contributed by atoms with van der Waals surface area (Å²) in [6.07, 6.45) is 3.73. The van der Waals surface area contributed by atoms with Crippen molar-refractivity contribution < 1.29 is 9.90 Å². The van der Waals surface area contributed by atoms with Crippen molar-refractivity contribution in [2.45, 2.75) is 37.8 Å². The van der Waals surface area contributed by atoms with Gasteiger partial charge in [-0.15, -0.1) is 0 Å². The molecule has 0 aromatic carbocycles. The lowest BCUT2D eigenvalue weighted by atomic mass is 9.87. The minimum absolute atomic E-state index is 0.117. The molecule has 1 unspecified atom stereocenters. The maximum absolute atomic E-state index is 10.6. The Morgan fingerprint density at radius 1 is 1.40 bits per heavy atom. The molecule has 15 heavy (non-hydrogen) atoms. The number of aliphatic hydroxyl groups excluding tert-OH is 1. The lowest BCUT2D eigenvalue weighted by Crippen LogP contribution is -2.45. The molecule has 5 heteroatoms. The molecule has 0 radical (unpaired) electrons. The van der Waals surface area contributed by atoms with Crippen molar-refractivity contribution in [3.8, 4) is 0 Å². The number of hydrogen-bond acceptors (Lipinski definition) is 4. The second-order valence-electron chi connectivity index (χ2n) is 4.34. The van der Waals surface area contributed by atoms with E-state index in [4.69, 9.17) is 11.5 Å². The number of carbonyl (C=O) groups is 1. The number of rotatable bonds is 5. The number of primary amides is 1. The minimum Gasteiger partial charge on any atom is -0.393 e. The van der Waals surface area contributed by atoms with Crippen LogP contribution in [0.15, 0.2) is 0 Å². The third-order valence-corrected chi connectivity index (χ3v) is 2.98. The molecule has 0 aromatic heterocycles. The molecule has 0 saturated heterocycles. The fourth-order valence-electron chi connectivity index (χ4n) is 1.89. The van der Waals surface area contributed by atoms with Crippen LogP contribution >= 0.6 is 0 Å². The smallest absolute Gasteiger partial charge is 0.235 e. The van der Waals surface area contributed by atoms with E-state index in [1.807, 2.05) is 0 Å². The van der Waals surface area contributed by atoms with Crippen molar-refractivity contribution in [3.05, 3.63) is 0 Å². The molecule has 6 N–H and O–H groups in total. The van der Waals surface area contributed by atoms with Crippen molar-refractivity contribution in [3.63, 3.8) is 0 Å². The van der Waals surface area contributed by atoms with E-state index in [0.29, 0.717) is 12.5 Å². The highest BCUT2D eigenvalue weighted by Gasteiger charge is 2.19. The van der Waals surface area contributed by atoms with E-state index >= 15 is 0 Å². The van der Waals surface area contributed by atoms with Gasteiger partial charge in [0.2, 0.25) is 5.91 Å². The van der Waals surface area contributed by atoms with Crippen molar-refractivity contribution in [1.29, 1.82) is 0 Å². The van der Waals surface area contributed by atoms with Gasteiger partial charge in [0.15, 0.2) is 0 Å². The summed E-state index contributed by atoms with van der Waals surface area (Å²) in [4.78, 5) is 10.6. The number of carbonyl (C=O) groups excluding carboxylic acids is 1. The average molecular weight is 215 g/mol. The first-order valence-electron chi connectivity index (χ1n) is 5.53. The molecule has 1 atom stereocenters. The standard InChI is InChI=1S/C10H21N3O2/c11-9(10(12)15)6-13-5-7-1-3-8(14)4-2-7/h7-9,13-14H,1-6,11H2,(H2,12,15). The van der Waals surface area contributed by atoms with Gasteiger partial charge in [0.25, 0.3) is 0 Å². The van der Waals surface area contributed by atoms with Crippen LogP contribution < -0.4 is 16.8 Å². The Morgan fingerprint density at radius 3 is 2.53 bits per heavy atom. The maximum Gasteiger partial charge on any atom is 0.235 e. The van der Waals surface area contributed by atoms with Crippen molar-refractivity contribution in [2.75, 3.05) is 13.1 Å². The predicted octanol–water partition coefficient (Wildman–Crippen LogP) is -1.06. The normalized spacial score (nSPS) is 28.7. The molecular formula is C10H21N3O2. The molecule has 1 fully saturated rings. The Hall–Kier alpha value is -0.650. The molecule has 5 nitrogen and oxygen atoms in total.